The lowest BCUT2D eigenvalue weighted by molar-refractivity contribution is -0.123. The number of hydrogen-bond acceptors (Lipinski definition) is 3. The van der Waals surface area contributed by atoms with Crippen LogP contribution in [0.2, 0.25) is 0 Å². The van der Waals surface area contributed by atoms with E-state index in [2.05, 4.69) is 129 Å². The fourth-order valence-electron chi connectivity index (χ4n) is 7.90. The van der Waals surface area contributed by atoms with Crippen LogP contribution in [0.15, 0.2) is 122 Å². The number of carbonyl (C=O) groups excluding carboxylic acids is 1. The highest BCUT2D eigenvalue weighted by Gasteiger charge is 2.17. The molecule has 0 aliphatic heterocycles. The van der Waals surface area contributed by atoms with E-state index >= 15 is 0 Å². The van der Waals surface area contributed by atoms with E-state index in [0.29, 0.717) is 6.42 Å². The lowest BCUT2D eigenvalue weighted by Gasteiger charge is -2.19. The molecule has 3 N–H and O–H groups in total. The molecule has 0 aliphatic rings. The molecule has 0 heterocycles. The summed E-state index contributed by atoms with van der Waals surface area (Å²) in [6.07, 6.45) is 87.8. The Kier molecular flexibility index (Phi) is 54.4. The number of amides is 1. The van der Waals surface area contributed by atoms with Crippen molar-refractivity contribution in [3.8, 4) is 0 Å². The molecule has 0 aromatic rings. The van der Waals surface area contributed by atoms with Crippen molar-refractivity contribution in [1.82, 2.24) is 5.32 Å². The summed E-state index contributed by atoms with van der Waals surface area (Å²) in [6, 6.07) is -0.659. The number of unbranched alkanes of at least 4 members (excludes halogenated alkanes) is 25. The maximum Gasteiger partial charge on any atom is 0.220 e. The molecule has 0 fully saturated rings. The van der Waals surface area contributed by atoms with Crippen molar-refractivity contribution >= 4 is 5.91 Å². The fraction of sp³-hybridized carbons (Fsp3) is 0.667. The summed E-state index contributed by atoms with van der Waals surface area (Å²) < 4.78 is 0. The molecular formula is C63H107NO3. The second-order valence-electron chi connectivity index (χ2n) is 18.6. The largest absolute Gasteiger partial charge is 0.394 e. The van der Waals surface area contributed by atoms with Gasteiger partial charge in [-0.2, -0.15) is 0 Å². The maximum atomic E-state index is 12.5. The van der Waals surface area contributed by atoms with E-state index in [1.807, 2.05) is 6.08 Å². The van der Waals surface area contributed by atoms with Crippen molar-refractivity contribution in [3.63, 3.8) is 0 Å². The Hall–Kier alpha value is -3.21. The zero-order chi connectivity index (χ0) is 48.5. The number of rotatable bonds is 50. The molecule has 67 heavy (non-hydrogen) atoms. The van der Waals surface area contributed by atoms with Gasteiger partial charge < -0.3 is 15.5 Å². The van der Waals surface area contributed by atoms with Crippen LogP contribution in [-0.2, 0) is 4.79 Å². The average Bonchev–Trinajstić information content (AvgIpc) is 3.33. The van der Waals surface area contributed by atoms with Crippen LogP contribution in [0, 0.1) is 0 Å². The summed E-state index contributed by atoms with van der Waals surface area (Å²) in [7, 11) is 0. The zero-order valence-electron chi connectivity index (χ0n) is 43.9. The third kappa shape index (κ3) is 53.6. The van der Waals surface area contributed by atoms with Gasteiger partial charge in [0.15, 0.2) is 0 Å². The quantitative estimate of drug-likeness (QED) is 0.0421. The van der Waals surface area contributed by atoms with E-state index in [4.69, 9.17) is 0 Å². The second kappa shape index (κ2) is 57.1. The van der Waals surface area contributed by atoms with Gasteiger partial charge in [0.05, 0.1) is 18.8 Å². The van der Waals surface area contributed by atoms with Crippen molar-refractivity contribution in [2.45, 2.75) is 264 Å². The summed E-state index contributed by atoms with van der Waals surface area (Å²) in [6.45, 7) is 4.18. The average molecular weight is 927 g/mol. The van der Waals surface area contributed by atoms with Gasteiger partial charge in [-0.05, 0) is 103 Å². The smallest absolute Gasteiger partial charge is 0.220 e. The highest BCUT2D eigenvalue weighted by molar-refractivity contribution is 5.76. The molecule has 0 saturated heterocycles. The monoisotopic (exact) mass is 926 g/mol. The standard InChI is InChI=1S/C63H107NO3/c1-3-5-7-9-11-13-15-17-19-21-23-25-27-29-30-31-32-33-34-35-37-39-41-43-45-47-49-51-53-55-57-59-63(67)64-61(60-65)62(66)58-56-54-52-50-48-46-44-42-40-38-36-28-26-24-22-20-18-16-14-12-10-8-6-4-2/h5,7,11,13,17,19,23,25,29-30,32-33,35,37,40,42,48,50,56,58,61-62,65-66H,3-4,6,8-10,12,14-16,18,20-22,24,26-28,31,34,36,38-39,41,43-47,49,51-55,57,59-60H2,1-2H3,(H,64,67)/b7-5-,13-11-,19-17-,25-23-,30-29-,33-32-,37-35-,42-40+,50-48+,58-56+. The van der Waals surface area contributed by atoms with Gasteiger partial charge in [0.2, 0.25) is 5.91 Å². The molecule has 0 radical (unpaired) electrons. The Morgan fingerprint density at radius 2 is 0.672 bits per heavy atom. The Bertz CT molecular complexity index is 1330. The molecule has 4 heteroatoms. The van der Waals surface area contributed by atoms with Crippen LogP contribution >= 0.6 is 0 Å². The van der Waals surface area contributed by atoms with Crippen LogP contribution in [0.4, 0.5) is 0 Å². The summed E-state index contributed by atoms with van der Waals surface area (Å²) >= 11 is 0. The van der Waals surface area contributed by atoms with Crippen LogP contribution < -0.4 is 5.32 Å². The molecule has 4 nitrogen and oxygen atoms in total. The van der Waals surface area contributed by atoms with Crippen molar-refractivity contribution in [2.24, 2.45) is 0 Å². The van der Waals surface area contributed by atoms with Crippen molar-refractivity contribution in [1.29, 1.82) is 0 Å². The highest BCUT2D eigenvalue weighted by atomic mass is 16.3. The molecule has 2 atom stereocenters. The first-order valence-corrected chi connectivity index (χ1v) is 28.2. The molecule has 0 saturated carbocycles. The molecule has 0 spiro atoms. The lowest BCUT2D eigenvalue weighted by atomic mass is 10.0. The molecular weight excluding hydrogens is 819 g/mol. The van der Waals surface area contributed by atoms with Gasteiger partial charge in [-0.25, -0.2) is 0 Å². The molecule has 1 amide bonds. The topological polar surface area (TPSA) is 69.6 Å². The Labute approximate surface area is 416 Å². The van der Waals surface area contributed by atoms with Crippen molar-refractivity contribution < 1.29 is 15.0 Å². The van der Waals surface area contributed by atoms with Gasteiger partial charge in [-0.15, -0.1) is 0 Å². The summed E-state index contributed by atoms with van der Waals surface area (Å²) in [5, 5.41) is 23.1. The second-order valence-corrected chi connectivity index (χ2v) is 18.6. The zero-order valence-corrected chi connectivity index (χ0v) is 43.9. The van der Waals surface area contributed by atoms with Gasteiger partial charge >= 0.3 is 0 Å². The summed E-state index contributed by atoms with van der Waals surface area (Å²) in [5.74, 6) is -0.0884. The highest BCUT2D eigenvalue weighted by Crippen LogP contribution is 2.15. The first kappa shape index (κ1) is 63.8. The molecule has 382 valence electrons. The van der Waals surface area contributed by atoms with E-state index in [1.54, 1.807) is 6.08 Å². The molecule has 2 unspecified atom stereocenters. The van der Waals surface area contributed by atoms with Crippen LogP contribution in [-0.4, -0.2) is 34.9 Å². The van der Waals surface area contributed by atoms with Crippen LogP contribution in [0.5, 0.6) is 0 Å². The Morgan fingerprint density at radius 1 is 0.373 bits per heavy atom. The molecule has 0 rings (SSSR count). The van der Waals surface area contributed by atoms with E-state index in [1.165, 1.54) is 141 Å². The van der Waals surface area contributed by atoms with Crippen LogP contribution in [0.25, 0.3) is 0 Å². The molecule has 0 aromatic carbocycles. The number of aliphatic hydroxyl groups is 2. The predicted octanol–water partition coefficient (Wildman–Crippen LogP) is 18.9. The summed E-state index contributed by atoms with van der Waals surface area (Å²) in [4.78, 5) is 12.5. The first-order valence-electron chi connectivity index (χ1n) is 28.2. The molecule has 0 aromatic heterocycles. The number of aliphatic hydroxyl groups excluding tert-OH is 2. The molecule has 0 aliphatic carbocycles. The Morgan fingerprint density at radius 3 is 1.04 bits per heavy atom. The predicted molar refractivity (Wildman–Crippen MR) is 299 cm³/mol. The maximum absolute atomic E-state index is 12.5. The minimum absolute atomic E-state index is 0.0884. The SMILES string of the molecule is CC/C=C\C/C=C\C/C=C\C/C=C\C/C=C\C/C=C\C/C=C\CCCCCCCCCCCC(=O)NC(CO)C(O)/C=C/CC/C=C/CC/C=C/CCCCCCCCCCCCCCCC. The first-order chi connectivity index (χ1) is 33.2. The van der Waals surface area contributed by atoms with Crippen molar-refractivity contribution in [3.05, 3.63) is 122 Å². The number of carbonyl (C=O) groups is 1. The summed E-state index contributed by atoms with van der Waals surface area (Å²) in [5.41, 5.74) is 0. The minimum atomic E-state index is -0.882. The van der Waals surface area contributed by atoms with Crippen LogP contribution in [0.1, 0.15) is 251 Å². The lowest BCUT2D eigenvalue weighted by Crippen LogP contribution is -2.45. The third-order valence-corrected chi connectivity index (χ3v) is 12.2. The van der Waals surface area contributed by atoms with Crippen LogP contribution in [0.3, 0.4) is 0 Å². The van der Waals surface area contributed by atoms with Gasteiger partial charge in [0.1, 0.15) is 0 Å². The van der Waals surface area contributed by atoms with Gasteiger partial charge in [0.25, 0.3) is 0 Å². The number of hydrogen-bond donors (Lipinski definition) is 3. The Balaban J connectivity index is 3.65. The minimum Gasteiger partial charge on any atom is -0.394 e. The van der Waals surface area contributed by atoms with E-state index < -0.39 is 12.1 Å². The van der Waals surface area contributed by atoms with E-state index in [9.17, 15) is 15.0 Å². The number of allylic oxidation sites excluding steroid dienone is 19. The normalized spacial score (nSPS) is 13.8. The van der Waals surface area contributed by atoms with Gasteiger partial charge in [-0.1, -0.05) is 264 Å². The third-order valence-electron chi connectivity index (χ3n) is 12.2. The van der Waals surface area contributed by atoms with E-state index in [0.717, 1.165) is 89.9 Å². The van der Waals surface area contributed by atoms with Crippen molar-refractivity contribution in [2.75, 3.05) is 6.61 Å². The van der Waals surface area contributed by atoms with Gasteiger partial charge in [-0.3, -0.25) is 4.79 Å². The fourth-order valence-corrected chi connectivity index (χ4v) is 7.90. The van der Waals surface area contributed by atoms with E-state index in [-0.39, 0.29) is 12.5 Å². The number of nitrogens with one attached hydrogen (secondary N) is 1. The van der Waals surface area contributed by atoms with Gasteiger partial charge in [0, 0.05) is 6.42 Å². The molecule has 0 bridgehead atoms.